The zero-order valence-electron chi connectivity index (χ0n) is 11.5. The number of aryl methyl sites for hydroxylation is 1. The highest BCUT2D eigenvalue weighted by molar-refractivity contribution is 5.47. The number of methoxy groups -OCH3 is 1. The van der Waals surface area contributed by atoms with Crippen molar-refractivity contribution in [2.24, 2.45) is 0 Å². The van der Waals surface area contributed by atoms with Crippen LogP contribution in [0.25, 0.3) is 5.65 Å². The fourth-order valence-electron chi connectivity index (χ4n) is 2.14. The molecule has 2 heterocycles. The predicted molar refractivity (Wildman–Crippen MR) is 74.2 cm³/mol. The van der Waals surface area contributed by atoms with Gasteiger partial charge in [0.1, 0.15) is 5.65 Å². The van der Waals surface area contributed by atoms with E-state index in [1.165, 1.54) is 5.56 Å². The van der Waals surface area contributed by atoms with Gasteiger partial charge in [-0.3, -0.25) is 4.90 Å². The summed E-state index contributed by atoms with van der Waals surface area (Å²) in [5, 5.41) is 9.09. The lowest BCUT2D eigenvalue weighted by molar-refractivity contribution is 0.126. The molecule has 0 fully saturated rings. The van der Waals surface area contributed by atoms with Crippen molar-refractivity contribution in [1.82, 2.24) is 14.3 Å². The summed E-state index contributed by atoms with van der Waals surface area (Å²) in [7, 11) is 1.69. The number of ether oxygens (including phenoxy) is 1. The zero-order valence-corrected chi connectivity index (χ0v) is 11.5. The molecular weight excluding hydrogens is 242 g/mol. The van der Waals surface area contributed by atoms with Gasteiger partial charge in [0.15, 0.2) is 0 Å². The first-order chi connectivity index (χ1) is 9.24. The summed E-state index contributed by atoms with van der Waals surface area (Å²) in [6, 6.07) is 4.08. The first-order valence-corrected chi connectivity index (χ1v) is 6.50. The van der Waals surface area contributed by atoms with Crippen LogP contribution >= 0.6 is 0 Å². The summed E-state index contributed by atoms with van der Waals surface area (Å²) in [6.45, 7) is 5.02. The minimum absolute atomic E-state index is 0.149. The lowest BCUT2D eigenvalue weighted by Gasteiger charge is -2.19. The molecule has 0 spiro atoms. The van der Waals surface area contributed by atoms with Crippen LogP contribution in [0.1, 0.15) is 11.3 Å². The molecule has 5 nitrogen and oxygen atoms in total. The van der Waals surface area contributed by atoms with Gasteiger partial charge in [-0.1, -0.05) is 6.07 Å². The minimum Gasteiger partial charge on any atom is -0.395 e. The lowest BCUT2D eigenvalue weighted by atomic mass is 10.3. The van der Waals surface area contributed by atoms with Crippen molar-refractivity contribution in [3.05, 3.63) is 35.8 Å². The van der Waals surface area contributed by atoms with E-state index in [1.54, 1.807) is 7.11 Å². The van der Waals surface area contributed by atoms with Crippen molar-refractivity contribution < 1.29 is 9.84 Å². The van der Waals surface area contributed by atoms with Crippen LogP contribution in [0.15, 0.2) is 24.5 Å². The second-order valence-electron chi connectivity index (χ2n) is 4.65. The Morgan fingerprint density at radius 2 is 2.26 bits per heavy atom. The molecule has 0 unspecified atom stereocenters. The molecule has 0 aromatic carbocycles. The molecule has 0 saturated heterocycles. The summed E-state index contributed by atoms with van der Waals surface area (Å²) in [6.07, 6.45) is 4.05. The molecule has 19 heavy (non-hydrogen) atoms. The quantitative estimate of drug-likeness (QED) is 0.812. The van der Waals surface area contributed by atoms with E-state index in [9.17, 15) is 0 Å². The van der Waals surface area contributed by atoms with Gasteiger partial charge in [0.2, 0.25) is 0 Å². The van der Waals surface area contributed by atoms with Gasteiger partial charge in [-0.05, 0) is 18.6 Å². The summed E-state index contributed by atoms with van der Waals surface area (Å²) < 4.78 is 7.13. The van der Waals surface area contributed by atoms with Crippen molar-refractivity contribution in [2.45, 2.75) is 13.5 Å². The lowest BCUT2D eigenvalue weighted by Crippen LogP contribution is -2.29. The molecule has 0 aliphatic rings. The van der Waals surface area contributed by atoms with Crippen LogP contribution < -0.4 is 0 Å². The number of imidazole rings is 1. The van der Waals surface area contributed by atoms with Gasteiger partial charge in [0, 0.05) is 39.1 Å². The molecular formula is C14H21N3O2. The molecule has 2 rings (SSSR count). The van der Waals surface area contributed by atoms with E-state index in [0.29, 0.717) is 13.2 Å². The van der Waals surface area contributed by atoms with E-state index >= 15 is 0 Å². The molecule has 2 aromatic rings. The van der Waals surface area contributed by atoms with E-state index in [4.69, 9.17) is 9.84 Å². The van der Waals surface area contributed by atoms with E-state index in [-0.39, 0.29) is 6.61 Å². The summed E-state index contributed by atoms with van der Waals surface area (Å²) >= 11 is 0. The van der Waals surface area contributed by atoms with Crippen LogP contribution in [0, 0.1) is 6.92 Å². The molecule has 0 amide bonds. The van der Waals surface area contributed by atoms with Crippen LogP contribution in [-0.4, -0.2) is 52.8 Å². The van der Waals surface area contributed by atoms with E-state index in [1.807, 2.05) is 22.9 Å². The van der Waals surface area contributed by atoms with Gasteiger partial charge in [0.05, 0.1) is 18.9 Å². The Hall–Kier alpha value is -1.43. The number of aliphatic hydroxyl groups excluding tert-OH is 1. The molecule has 0 radical (unpaired) electrons. The third-order valence-corrected chi connectivity index (χ3v) is 3.14. The molecule has 0 bridgehead atoms. The van der Waals surface area contributed by atoms with E-state index in [2.05, 4.69) is 22.9 Å². The number of aromatic nitrogens is 2. The smallest absolute Gasteiger partial charge is 0.139 e. The predicted octanol–water partition coefficient (Wildman–Crippen LogP) is 1.08. The molecule has 1 N–H and O–H groups in total. The van der Waals surface area contributed by atoms with E-state index in [0.717, 1.165) is 24.4 Å². The van der Waals surface area contributed by atoms with Gasteiger partial charge in [-0.15, -0.1) is 0 Å². The Balaban J connectivity index is 2.12. The summed E-state index contributed by atoms with van der Waals surface area (Å²) in [4.78, 5) is 6.78. The second kappa shape index (κ2) is 6.65. The van der Waals surface area contributed by atoms with Crippen molar-refractivity contribution in [3.63, 3.8) is 0 Å². The summed E-state index contributed by atoms with van der Waals surface area (Å²) in [5.41, 5.74) is 3.17. The van der Waals surface area contributed by atoms with Crippen molar-refractivity contribution in [1.29, 1.82) is 0 Å². The monoisotopic (exact) mass is 263 g/mol. The maximum Gasteiger partial charge on any atom is 0.139 e. The van der Waals surface area contributed by atoms with Gasteiger partial charge in [0.25, 0.3) is 0 Å². The maximum atomic E-state index is 9.09. The first kappa shape index (κ1) is 14.0. The molecule has 0 aliphatic carbocycles. The van der Waals surface area contributed by atoms with Gasteiger partial charge in [-0.25, -0.2) is 4.98 Å². The Bertz CT molecular complexity index is 524. The minimum atomic E-state index is 0.149. The Labute approximate surface area is 113 Å². The Morgan fingerprint density at radius 3 is 2.95 bits per heavy atom. The maximum absolute atomic E-state index is 9.09. The highest BCUT2D eigenvalue weighted by Gasteiger charge is 2.09. The average molecular weight is 263 g/mol. The first-order valence-electron chi connectivity index (χ1n) is 6.50. The molecule has 2 aromatic heterocycles. The second-order valence-corrected chi connectivity index (χ2v) is 4.65. The number of hydrogen-bond donors (Lipinski definition) is 1. The van der Waals surface area contributed by atoms with Crippen LogP contribution in [0.5, 0.6) is 0 Å². The highest BCUT2D eigenvalue weighted by atomic mass is 16.5. The Morgan fingerprint density at radius 1 is 1.42 bits per heavy atom. The molecule has 5 heteroatoms. The van der Waals surface area contributed by atoms with Crippen LogP contribution in [0.3, 0.4) is 0 Å². The largest absolute Gasteiger partial charge is 0.395 e. The van der Waals surface area contributed by atoms with Gasteiger partial charge < -0.3 is 14.2 Å². The fraction of sp³-hybridized carbons (Fsp3) is 0.500. The van der Waals surface area contributed by atoms with Crippen LogP contribution in [0.4, 0.5) is 0 Å². The van der Waals surface area contributed by atoms with Crippen molar-refractivity contribution in [2.75, 3.05) is 33.4 Å². The SMILES string of the molecule is COCCN(CCO)Cc1cn2cccc(C)c2n1. The van der Waals surface area contributed by atoms with Gasteiger partial charge >= 0.3 is 0 Å². The fourth-order valence-corrected chi connectivity index (χ4v) is 2.14. The number of rotatable bonds is 7. The van der Waals surface area contributed by atoms with Crippen molar-refractivity contribution >= 4 is 5.65 Å². The number of nitrogens with zero attached hydrogens (tertiary/aromatic N) is 3. The molecule has 0 atom stereocenters. The van der Waals surface area contributed by atoms with Crippen molar-refractivity contribution in [3.8, 4) is 0 Å². The van der Waals surface area contributed by atoms with Crippen LogP contribution in [0.2, 0.25) is 0 Å². The summed E-state index contributed by atoms with van der Waals surface area (Å²) in [5.74, 6) is 0. The van der Waals surface area contributed by atoms with E-state index < -0.39 is 0 Å². The number of fused-ring (bicyclic) bond motifs is 1. The highest BCUT2D eigenvalue weighted by Crippen LogP contribution is 2.11. The standard InChI is InChI=1S/C14H21N3O2/c1-12-4-3-5-17-11-13(15-14(12)17)10-16(6-8-18)7-9-19-2/h3-5,11,18H,6-10H2,1-2H3. The number of hydrogen-bond acceptors (Lipinski definition) is 4. The third kappa shape index (κ3) is 3.53. The molecule has 104 valence electrons. The normalized spacial score (nSPS) is 11.6. The zero-order chi connectivity index (χ0) is 13.7. The van der Waals surface area contributed by atoms with Crippen LogP contribution in [-0.2, 0) is 11.3 Å². The number of pyridine rings is 1. The average Bonchev–Trinajstić information content (AvgIpc) is 2.80. The Kier molecular flexibility index (Phi) is 4.90. The topological polar surface area (TPSA) is 50.0 Å². The molecule has 0 saturated carbocycles. The molecule has 0 aliphatic heterocycles. The number of aliphatic hydroxyl groups is 1. The van der Waals surface area contributed by atoms with Gasteiger partial charge in [-0.2, -0.15) is 0 Å². The third-order valence-electron chi connectivity index (χ3n) is 3.14.